The molecule has 0 saturated carbocycles. The highest BCUT2D eigenvalue weighted by molar-refractivity contribution is 6.31. The van der Waals surface area contributed by atoms with E-state index >= 15 is 0 Å². The lowest BCUT2D eigenvalue weighted by atomic mass is 10.0. The molecular weight excluding hydrogens is 449 g/mol. The lowest BCUT2D eigenvalue weighted by molar-refractivity contribution is -0.137. The zero-order chi connectivity index (χ0) is 23.4. The highest BCUT2D eigenvalue weighted by Gasteiger charge is 2.33. The van der Waals surface area contributed by atoms with Crippen LogP contribution in [0.4, 0.5) is 4.39 Å². The number of nitrogens with zero attached hydrogens (tertiary/aromatic N) is 5. The number of carbonyl (C=O) groups excluding carboxylic acids is 2. The van der Waals surface area contributed by atoms with E-state index < -0.39 is 5.82 Å². The van der Waals surface area contributed by atoms with Crippen LogP contribution in [0.5, 0.6) is 5.75 Å². The van der Waals surface area contributed by atoms with E-state index in [1.807, 2.05) is 13.8 Å². The van der Waals surface area contributed by atoms with Gasteiger partial charge in [-0.25, -0.2) is 13.9 Å². The molecule has 0 unspecified atom stereocenters. The largest absolute Gasteiger partial charge is 0.490 e. The first-order valence-corrected chi connectivity index (χ1v) is 11.1. The molecule has 0 spiro atoms. The van der Waals surface area contributed by atoms with E-state index in [9.17, 15) is 14.0 Å². The fourth-order valence-corrected chi connectivity index (χ4v) is 4.56. The van der Waals surface area contributed by atoms with Crippen molar-refractivity contribution >= 4 is 29.1 Å². The van der Waals surface area contributed by atoms with Gasteiger partial charge in [-0.2, -0.15) is 5.10 Å². The van der Waals surface area contributed by atoms with E-state index in [2.05, 4.69) is 10.1 Å². The fraction of sp³-hybridized carbons (Fsp3) is 0.391. The maximum atomic E-state index is 14.0. The SMILES string of the molecule is CC(=O)N1CC[C@H]1COc1cc(F)ccc1C(=O)N1Cc2nn3c(C)c(Cl)c(C)nc3c2C1. The molecule has 0 bridgehead atoms. The van der Waals surface area contributed by atoms with Crippen LogP contribution in [0.1, 0.15) is 46.3 Å². The second-order valence-corrected chi connectivity index (χ2v) is 8.90. The third-order valence-corrected chi connectivity index (χ3v) is 6.94. The quantitative estimate of drug-likeness (QED) is 0.583. The first-order chi connectivity index (χ1) is 15.7. The zero-order valence-corrected chi connectivity index (χ0v) is 19.3. The van der Waals surface area contributed by atoms with Crippen LogP contribution in [0.2, 0.25) is 5.02 Å². The van der Waals surface area contributed by atoms with Crippen molar-refractivity contribution in [2.75, 3.05) is 13.2 Å². The summed E-state index contributed by atoms with van der Waals surface area (Å²) in [7, 11) is 0. The smallest absolute Gasteiger partial charge is 0.258 e. The van der Waals surface area contributed by atoms with E-state index in [1.165, 1.54) is 25.1 Å². The molecule has 0 N–H and O–H groups in total. The Hall–Kier alpha value is -3.20. The normalized spacial score (nSPS) is 17.3. The molecule has 0 radical (unpaired) electrons. The number of likely N-dealkylation sites (tertiary alicyclic amines) is 1. The van der Waals surface area contributed by atoms with Crippen molar-refractivity contribution in [3.63, 3.8) is 0 Å². The monoisotopic (exact) mass is 471 g/mol. The van der Waals surface area contributed by atoms with Crippen LogP contribution in [-0.2, 0) is 17.9 Å². The van der Waals surface area contributed by atoms with Gasteiger partial charge in [0.2, 0.25) is 5.91 Å². The van der Waals surface area contributed by atoms with E-state index in [0.29, 0.717) is 36.0 Å². The summed E-state index contributed by atoms with van der Waals surface area (Å²) in [6.45, 7) is 6.77. The minimum atomic E-state index is -0.493. The van der Waals surface area contributed by atoms with E-state index in [0.717, 1.165) is 23.4 Å². The van der Waals surface area contributed by atoms with Gasteiger partial charge in [0.1, 0.15) is 18.2 Å². The molecule has 2 aliphatic heterocycles. The summed E-state index contributed by atoms with van der Waals surface area (Å²) in [6.07, 6.45) is 0.815. The lowest BCUT2D eigenvalue weighted by Gasteiger charge is -2.40. The summed E-state index contributed by atoms with van der Waals surface area (Å²) in [6, 6.07) is 3.83. The van der Waals surface area contributed by atoms with Crippen LogP contribution in [0.25, 0.3) is 5.65 Å². The van der Waals surface area contributed by atoms with Crippen molar-refractivity contribution in [2.24, 2.45) is 0 Å². The van der Waals surface area contributed by atoms with E-state index in [4.69, 9.17) is 16.3 Å². The van der Waals surface area contributed by atoms with Crippen molar-refractivity contribution in [1.82, 2.24) is 24.4 Å². The van der Waals surface area contributed by atoms with Gasteiger partial charge in [0.15, 0.2) is 5.65 Å². The molecule has 10 heteroatoms. The summed E-state index contributed by atoms with van der Waals surface area (Å²) in [5.41, 5.74) is 4.11. The van der Waals surface area contributed by atoms with Gasteiger partial charge in [0.05, 0.1) is 46.8 Å². The van der Waals surface area contributed by atoms with Crippen LogP contribution >= 0.6 is 11.6 Å². The maximum absolute atomic E-state index is 14.0. The molecule has 0 aliphatic carbocycles. The molecule has 2 aliphatic rings. The highest BCUT2D eigenvalue weighted by atomic mass is 35.5. The Labute approximate surface area is 194 Å². The molecule has 1 saturated heterocycles. The maximum Gasteiger partial charge on any atom is 0.258 e. The van der Waals surface area contributed by atoms with Gasteiger partial charge in [-0.1, -0.05) is 11.6 Å². The minimum Gasteiger partial charge on any atom is -0.490 e. The number of ether oxygens (including phenoxy) is 1. The number of amides is 2. The number of rotatable bonds is 4. The van der Waals surface area contributed by atoms with Gasteiger partial charge < -0.3 is 14.5 Å². The number of hydrogen-bond acceptors (Lipinski definition) is 5. The number of carbonyl (C=O) groups is 2. The summed E-state index contributed by atoms with van der Waals surface area (Å²) < 4.78 is 21.5. The minimum absolute atomic E-state index is 0.0229. The van der Waals surface area contributed by atoms with Crippen molar-refractivity contribution < 1.29 is 18.7 Å². The van der Waals surface area contributed by atoms with Crippen molar-refractivity contribution in [1.29, 1.82) is 0 Å². The first-order valence-electron chi connectivity index (χ1n) is 10.8. The van der Waals surface area contributed by atoms with Gasteiger partial charge in [-0.05, 0) is 32.4 Å². The van der Waals surface area contributed by atoms with Crippen molar-refractivity contribution in [3.05, 3.63) is 57.2 Å². The average Bonchev–Trinajstić information content (AvgIpc) is 3.30. The standard InChI is InChI=1S/C23H23ClFN5O3/c1-12-21(24)13(2)30-22(26-12)18-9-28(10-19(18)27-30)23(32)17-5-4-15(25)8-20(17)33-11-16-6-7-29(16)14(3)31/h4-5,8,16H,6-7,9-11H2,1-3H3/t16-/m0/s1. The second-order valence-electron chi connectivity index (χ2n) is 8.52. The third-order valence-electron chi connectivity index (χ3n) is 6.40. The van der Waals surface area contributed by atoms with Crippen LogP contribution in [0, 0.1) is 19.7 Å². The fourth-order valence-electron chi connectivity index (χ4n) is 4.43. The van der Waals surface area contributed by atoms with Crippen molar-refractivity contribution in [2.45, 2.75) is 46.3 Å². The van der Waals surface area contributed by atoms with E-state index in [-0.39, 0.29) is 35.8 Å². The Morgan fingerprint density at radius 1 is 1.27 bits per heavy atom. The molecule has 1 fully saturated rings. The number of fused-ring (bicyclic) bond motifs is 3. The number of aromatic nitrogens is 3. The lowest BCUT2D eigenvalue weighted by Crippen LogP contribution is -2.53. The molecule has 4 heterocycles. The Morgan fingerprint density at radius 3 is 2.76 bits per heavy atom. The zero-order valence-electron chi connectivity index (χ0n) is 18.6. The summed E-state index contributed by atoms with van der Waals surface area (Å²) >= 11 is 6.31. The molecule has 3 aromatic rings. The van der Waals surface area contributed by atoms with E-state index in [1.54, 1.807) is 14.3 Å². The van der Waals surface area contributed by atoms with Gasteiger partial charge in [0.25, 0.3) is 5.91 Å². The Kier molecular flexibility index (Phi) is 5.23. The second kappa shape index (κ2) is 7.98. The molecule has 5 rings (SSSR count). The predicted molar refractivity (Wildman–Crippen MR) is 119 cm³/mol. The topological polar surface area (TPSA) is 80.0 Å². The summed E-state index contributed by atoms with van der Waals surface area (Å²) in [4.78, 5) is 32.9. The van der Waals surface area contributed by atoms with Gasteiger partial charge in [-0.15, -0.1) is 0 Å². The molecule has 1 atom stereocenters. The number of halogens is 2. The molecule has 1 aromatic carbocycles. The van der Waals surface area contributed by atoms with Gasteiger partial charge in [-0.3, -0.25) is 9.59 Å². The Bertz CT molecular complexity index is 1310. The van der Waals surface area contributed by atoms with Crippen LogP contribution < -0.4 is 4.74 Å². The summed E-state index contributed by atoms with van der Waals surface area (Å²) in [5, 5.41) is 5.18. The number of benzene rings is 1. The van der Waals surface area contributed by atoms with Crippen molar-refractivity contribution in [3.8, 4) is 5.75 Å². The summed E-state index contributed by atoms with van der Waals surface area (Å²) in [5.74, 6) is -0.621. The highest BCUT2D eigenvalue weighted by Crippen LogP contribution is 2.32. The molecule has 8 nitrogen and oxygen atoms in total. The number of aryl methyl sites for hydroxylation is 2. The molecule has 172 valence electrons. The Balaban J connectivity index is 1.38. The average molecular weight is 472 g/mol. The third kappa shape index (κ3) is 3.60. The molecule has 33 heavy (non-hydrogen) atoms. The first kappa shape index (κ1) is 21.6. The molecular formula is C23H23ClFN5O3. The van der Waals surface area contributed by atoms with Gasteiger partial charge >= 0.3 is 0 Å². The van der Waals surface area contributed by atoms with Crippen LogP contribution in [0.3, 0.4) is 0 Å². The van der Waals surface area contributed by atoms with Crippen LogP contribution in [-0.4, -0.2) is 55.4 Å². The van der Waals surface area contributed by atoms with Crippen LogP contribution in [0.15, 0.2) is 18.2 Å². The molecule has 2 amide bonds. The van der Waals surface area contributed by atoms with Gasteiger partial charge in [0, 0.05) is 25.1 Å². The number of hydrogen-bond donors (Lipinski definition) is 0. The predicted octanol–water partition coefficient (Wildman–Crippen LogP) is 3.29. The molecule has 2 aromatic heterocycles. The Morgan fingerprint density at radius 2 is 2.06 bits per heavy atom.